The van der Waals surface area contributed by atoms with Gasteiger partial charge in [-0.2, -0.15) is 4.31 Å². The van der Waals surface area contributed by atoms with Crippen LogP contribution in [0.25, 0.3) is 0 Å². The molecular formula is C24H34Cl2F2N4O4S. The third-order valence-corrected chi connectivity index (χ3v) is 10.4. The van der Waals surface area contributed by atoms with Gasteiger partial charge in [0.25, 0.3) is 5.92 Å². The molecule has 0 bridgehead atoms. The standard InChI is InChI=1S/C24H34Cl2F2N4O4S/c1-29-11-13-30(14-12-29)18-5-8-31(9-6-18)22(33)17-36-16-19-15-24(27,28)7-10-32(19)37(34,35)23-20(25)3-2-4-21(23)26/h2-4,18-19H,5-17H2,1H3/t19-/m0/s1. The monoisotopic (exact) mass is 582 g/mol. The topological polar surface area (TPSA) is 73.4 Å². The van der Waals surface area contributed by atoms with Crippen LogP contribution in [0, 0.1) is 0 Å². The lowest BCUT2D eigenvalue weighted by molar-refractivity contribution is -0.139. The molecule has 0 spiro atoms. The first kappa shape index (κ1) is 28.9. The van der Waals surface area contributed by atoms with Crippen molar-refractivity contribution in [3.63, 3.8) is 0 Å². The number of hydrogen-bond acceptors (Lipinski definition) is 6. The number of piperidine rings is 2. The molecule has 1 atom stereocenters. The van der Waals surface area contributed by atoms with Crippen LogP contribution in [0.3, 0.4) is 0 Å². The Kier molecular flexibility index (Phi) is 9.36. The molecular weight excluding hydrogens is 549 g/mol. The van der Waals surface area contributed by atoms with Crippen molar-refractivity contribution in [1.82, 2.24) is 19.0 Å². The van der Waals surface area contributed by atoms with Crippen LogP contribution < -0.4 is 0 Å². The van der Waals surface area contributed by atoms with E-state index in [-0.39, 0.29) is 34.1 Å². The number of carbonyl (C=O) groups excluding carboxylic acids is 1. The molecule has 13 heteroatoms. The summed E-state index contributed by atoms with van der Waals surface area (Å²) in [6.07, 6.45) is 0.439. The summed E-state index contributed by atoms with van der Waals surface area (Å²) in [6, 6.07) is 3.58. The quantitative estimate of drug-likeness (QED) is 0.492. The van der Waals surface area contributed by atoms with Gasteiger partial charge in [-0.25, -0.2) is 17.2 Å². The molecule has 208 valence electrons. The van der Waals surface area contributed by atoms with E-state index in [2.05, 4.69) is 16.8 Å². The summed E-state index contributed by atoms with van der Waals surface area (Å²) < 4.78 is 61.7. The van der Waals surface area contributed by atoms with Crippen LogP contribution in [0.1, 0.15) is 25.7 Å². The van der Waals surface area contributed by atoms with E-state index in [1.807, 2.05) is 0 Å². The molecule has 3 aliphatic heterocycles. The maximum atomic E-state index is 14.3. The number of nitrogens with zero attached hydrogens (tertiary/aromatic N) is 4. The number of piperazine rings is 1. The molecule has 1 aromatic carbocycles. The Hall–Kier alpha value is -1.08. The SMILES string of the molecule is CN1CCN(C2CCN(C(=O)COC[C@@H]3CC(F)(F)CCN3S(=O)(=O)c3c(Cl)cccc3Cl)CC2)CC1. The molecule has 8 nitrogen and oxygen atoms in total. The van der Waals surface area contributed by atoms with Crippen molar-refractivity contribution in [3.05, 3.63) is 28.2 Å². The number of ether oxygens (including phenoxy) is 1. The second-order valence-electron chi connectivity index (χ2n) is 10.1. The van der Waals surface area contributed by atoms with Crippen LogP contribution in [-0.4, -0.2) is 117 Å². The molecule has 3 aliphatic rings. The van der Waals surface area contributed by atoms with Crippen molar-refractivity contribution < 1.29 is 26.7 Å². The highest BCUT2D eigenvalue weighted by Gasteiger charge is 2.46. The summed E-state index contributed by atoms with van der Waals surface area (Å²) in [5.41, 5.74) is 0. The fourth-order valence-electron chi connectivity index (χ4n) is 5.35. The number of likely N-dealkylation sites (N-methyl/N-ethyl adjacent to an activating group) is 1. The number of carbonyl (C=O) groups is 1. The number of amides is 1. The zero-order valence-corrected chi connectivity index (χ0v) is 23.2. The minimum absolute atomic E-state index is 0.0837. The van der Waals surface area contributed by atoms with E-state index >= 15 is 0 Å². The molecule has 3 heterocycles. The largest absolute Gasteiger partial charge is 0.370 e. The average Bonchev–Trinajstić information content (AvgIpc) is 2.83. The van der Waals surface area contributed by atoms with E-state index in [0.29, 0.717) is 19.1 Å². The molecule has 1 aromatic rings. The molecule has 3 fully saturated rings. The Labute approximate surface area is 227 Å². The highest BCUT2D eigenvalue weighted by molar-refractivity contribution is 7.89. The highest BCUT2D eigenvalue weighted by Crippen LogP contribution is 2.38. The molecule has 37 heavy (non-hydrogen) atoms. The third kappa shape index (κ3) is 6.93. The second kappa shape index (κ2) is 12.0. The van der Waals surface area contributed by atoms with Crippen molar-refractivity contribution in [2.75, 3.05) is 66.1 Å². The Bertz CT molecular complexity index is 1040. The van der Waals surface area contributed by atoms with Gasteiger partial charge in [-0.05, 0) is 32.0 Å². The minimum atomic E-state index is -4.26. The number of sulfonamides is 1. The minimum Gasteiger partial charge on any atom is -0.370 e. The van der Waals surface area contributed by atoms with Crippen molar-refractivity contribution in [3.8, 4) is 0 Å². The summed E-state index contributed by atoms with van der Waals surface area (Å²) >= 11 is 12.2. The van der Waals surface area contributed by atoms with Gasteiger partial charge in [0.15, 0.2) is 0 Å². The van der Waals surface area contributed by atoms with Gasteiger partial charge in [-0.1, -0.05) is 29.3 Å². The first-order chi connectivity index (χ1) is 17.5. The number of likely N-dealkylation sites (tertiary alicyclic amines) is 1. The third-order valence-electron chi connectivity index (χ3n) is 7.53. The molecule has 1 amide bonds. The van der Waals surface area contributed by atoms with Gasteiger partial charge in [0.2, 0.25) is 15.9 Å². The Morgan fingerprint density at radius 1 is 1.05 bits per heavy atom. The van der Waals surface area contributed by atoms with Crippen molar-refractivity contribution in [2.24, 2.45) is 0 Å². The first-order valence-corrected chi connectivity index (χ1v) is 14.8. The fraction of sp³-hybridized carbons (Fsp3) is 0.708. The maximum absolute atomic E-state index is 14.3. The predicted octanol–water partition coefficient (Wildman–Crippen LogP) is 3.04. The van der Waals surface area contributed by atoms with Crippen LogP contribution in [-0.2, 0) is 19.6 Å². The summed E-state index contributed by atoms with van der Waals surface area (Å²) in [7, 11) is -2.14. The molecule has 4 rings (SSSR count). The molecule has 0 unspecified atom stereocenters. The fourth-order valence-corrected chi connectivity index (χ4v) is 8.06. The average molecular weight is 584 g/mol. The van der Waals surface area contributed by atoms with Gasteiger partial charge < -0.3 is 14.5 Å². The molecule has 0 aromatic heterocycles. The second-order valence-corrected chi connectivity index (χ2v) is 12.7. The Balaban J connectivity index is 1.33. The summed E-state index contributed by atoms with van der Waals surface area (Å²) in [4.78, 5) is 19.0. The van der Waals surface area contributed by atoms with Gasteiger partial charge in [0, 0.05) is 64.7 Å². The van der Waals surface area contributed by atoms with Crippen LogP contribution in [0.5, 0.6) is 0 Å². The Morgan fingerprint density at radius 2 is 1.68 bits per heavy atom. The molecule has 0 radical (unpaired) electrons. The van der Waals surface area contributed by atoms with E-state index < -0.39 is 41.4 Å². The molecule has 3 saturated heterocycles. The molecule has 0 aliphatic carbocycles. The normalized spacial score (nSPS) is 24.9. The molecule has 0 N–H and O–H groups in total. The van der Waals surface area contributed by atoms with E-state index in [1.54, 1.807) is 4.90 Å². The number of hydrogen-bond donors (Lipinski definition) is 0. The lowest BCUT2D eigenvalue weighted by Crippen LogP contribution is -2.53. The summed E-state index contributed by atoms with van der Waals surface area (Å²) in [5, 5.41) is -0.167. The van der Waals surface area contributed by atoms with Gasteiger partial charge in [0.1, 0.15) is 11.5 Å². The Morgan fingerprint density at radius 3 is 2.30 bits per heavy atom. The maximum Gasteiger partial charge on any atom is 0.251 e. The lowest BCUT2D eigenvalue weighted by Gasteiger charge is -2.42. The lowest BCUT2D eigenvalue weighted by atomic mass is 10.0. The summed E-state index contributed by atoms with van der Waals surface area (Å²) in [6.45, 7) is 4.36. The number of alkyl halides is 2. The highest BCUT2D eigenvalue weighted by atomic mass is 35.5. The van der Waals surface area contributed by atoms with E-state index in [9.17, 15) is 22.0 Å². The number of halogens is 4. The van der Waals surface area contributed by atoms with Gasteiger partial charge >= 0.3 is 0 Å². The smallest absolute Gasteiger partial charge is 0.251 e. The molecule has 0 saturated carbocycles. The van der Waals surface area contributed by atoms with Gasteiger partial charge in [-0.3, -0.25) is 9.69 Å². The first-order valence-electron chi connectivity index (χ1n) is 12.6. The van der Waals surface area contributed by atoms with Crippen LogP contribution >= 0.6 is 23.2 Å². The van der Waals surface area contributed by atoms with Gasteiger partial charge in [-0.15, -0.1) is 0 Å². The predicted molar refractivity (Wildman–Crippen MR) is 138 cm³/mol. The zero-order valence-electron chi connectivity index (χ0n) is 20.9. The number of benzene rings is 1. The van der Waals surface area contributed by atoms with Gasteiger partial charge in [0.05, 0.1) is 22.7 Å². The van der Waals surface area contributed by atoms with Crippen LogP contribution in [0.2, 0.25) is 10.0 Å². The van der Waals surface area contributed by atoms with E-state index in [1.165, 1.54) is 18.2 Å². The van der Waals surface area contributed by atoms with Crippen LogP contribution in [0.4, 0.5) is 8.78 Å². The van der Waals surface area contributed by atoms with Crippen LogP contribution in [0.15, 0.2) is 23.1 Å². The van der Waals surface area contributed by atoms with Crippen molar-refractivity contribution >= 4 is 39.1 Å². The van der Waals surface area contributed by atoms with Crippen molar-refractivity contribution in [1.29, 1.82) is 0 Å². The summed E-state index contributed by atoms with van der Waals surface area (Å²) in [5.74, 6) is -3.26. The zero-order chi connectivity index (χ0) is 26.8. The van der Waals surface area contributed by atoms with E-state index in [4.69, 9.17) is 27.9 Å². The van der Waals surface area contributed by atoms with E-state index in [0.717, 1.165) is 43.3 Å². The van der Waals surface area contributed by atoms with Crippen molar-refractivity contribution in [2.45, 2.75) is 48.6 Å². The number of rotatable bonds is 7.